The average molecular weight is 387 g/mol. The van der Waals surface area contributed by atoms with E-state index in [1.807, 2.05) is 30.3 Å². The van der Waals surface area contributed by atoms with Crippen molar-refractivity contribution in [1.82, 2.24) is 4.90 Å². The first-order chi connectivity index (χ1) is 14.1. The lowest BCUT2D eigenvalue weighted by molar-refractivity contribution is -0.193. The van der Waals surface area contributed by atoms with E-state index in [0.717, 1.165) is 32.1 Å². The Morgan fingerprint density at radius 3 is 2.03 bits per heavy atom. The van der Waals surface area contributed by atoms with Crippen molar-refractivity contribution in [3.8, 4) is 0 Å². The Balaban J connectivity index is 1.33. The van der Waals surface area contributed by atoms with Gasteiger partial charge < -0.3 is 4.74 Å². The van der Waals surface area contributed by atoms with Crippen LogP contribution in [0.4, 0.5) is 0 Å². The van der Waals surface area contributed by atoms with Gasteiger partial charge in [-0.2, -0.15) is 0 Å². The van der Waals surface area contributed by atoms with E-state index < -0.39 is 0 Å². The highest BCUT2D eigenvalue weighted by Crippen LogP contribution is 2.61. The lowest BCUT2D eigenvalue weighted by Gasteiger charge is -2.63. The van der Waals surface area contributed by atoms with Crippen LogP contribution in [0, 0.1) is 11.8 Å². The largest absolute Gasteiger partial charge is 0.370 e. The molecule has 4 bridgehead atoms. The third-order valence-electron chi connectivity index (χ3n) is 7.63. The first kappa shape index (κ1) is 17.4. The Hall–Kier alpha value is -2.46. The molecule has 2 unspecified atom stereocenters. The number of carbonyl (C=O) groups is 2. The van der Waals surface area contributed by atoms with Crippen LogP contribution >= 0.6 is 0 Å². The van der Waals surface area contributed by atoms with Crippen molar-refractivity contribution in [1.29, 1.82) is 0 Å². The lowest BCUT2D eigenvalue weighted by atomic mass is 9.50. The molecule has 4 nitrogen and oxygen atoms in total. The highest BCUT2D eigenvalue weighted by Gasteiger charge is 2.63. The summed E-state index contributed by atoms with van der Waals surface area (Å²) in [7, 11) is 0. The van der Waals surface area contributed by atoms with Gasteiger partial charge >= 0.3 is 0 Å². The predicted octanol–water partition coefficient (Wildman–Crippen LogP) is 4.59. The molecule has 1 aliphatic heterocycles. The number of hydrogen-bond acceptors (Lipinski definition) is 3. The molecule has 0 saturated heterocycles. The summed E-state index contributed by atoms with van der Waals surface area (Å²) in [6.07, 6.45) is 5.98. The van der Waals surface area contributed by atoms with Crippen LogP contribution in [0.1, 0.15) is 64.8 Å². The summed E-state index contributed by atoms with van der Waals surface area (Å²) in [6, 6.07) is 17.6. The molecule has 5 aliphatic rings. The number of imide groups is 1. The number of rotatable bonds is 4. The number of amides is 2. The first-order valence-corrected chi connectivity index (χ1v) is 10.7. The molecule has 2 atom stereocenters. The number of fused-ring (bicyclic) bond motifs is 1. The quantitative estimate of drug-likeness (QED) is 0.721. The number of hydrogen-bond donors (Lipinski definition) is 0. The number of ether oxygens (including phenoxy) is 1. The van der Waals surface area contributed by atoms with E-state index in [4.69, 9.17) is 4.74 Å². The van der Waals surface area contributed by atoms with Crippen molar-refractivity contribution < 1.29 is 14.3 Å². The molecule has 0 aromatic heterocycles. The van der Waals surface area contributed by atoms with Crippen LogP contribution in [0.25, 0.3) is 0 Å². The Labute approximate surface area is 170 Å². The monoisotopic (exact) mass is 387 g/mol. The molecular weight excluding hydrogens is 362 g/mol. The zero-order valence-corrected chi connectivity index (χ0v) is 16.5. The third kappa shape index (κ3) is 2.55. The normalized spacial score (nSPS) is 34.7. The summed E-state index contributed by atoms with van der Waals surface area (Å²) >= 11 is 0. The minimum absolute atomic E-state index is 0.106. The SMILES string of the molecule is O=C1c2ccccc2C(=O)N1C12CC3CC(CC(OCc4ccccc4)(C3)C1)C2. The van der Waals surface area contributed by atoms with E-state index in [-0.39, 0.29) is 23.0 Å². The average Bonchev–Trinajstić information content (AvgIpc) is 2.98. The van der Waals surface area contributed by atoms with Crippen LogP contribution in [0.5, 0.6) is 0 Å². The van der Waals surface area contributed by atoms with Gasteiger partial charge in [0.05, 0.1) is 28.9 Å². The number of carbonyl (C=O) groups excluding carboxylic acids is 2. The molecule has 4 fully saturated rings. The van der Waals surface area contributed by atoms with Gasteiger partial charge in [0.25, 0.3) is 11.8 Å². The molecule has 148 valence electrons. The van der Waals surface area contributed by atoms with Gasteiger partial charge in [-0.25, -0.2) is 0 Å². The van der Waals surface area contributed by atoms with Gasteiger partial charge in [-0.05, 0) is 61.6 Å². The van der Waals surface area contributed by atoms with Crippen LogP contribution in [0.2, 0.25) is 0 Å². The van der Waals surface area contributed by atoms with Crippen LogP contribution < -0.4 is 0 Å². The van der Waals surface area contributed by atoms with Gasteiger partial charge in [0.2, 0.25) is 0 Å². The van der Waals surface area contributed by atoms with Crippen LogP contribution in [-0.2, 0) is 11.3 Å². The maximum Gasteiger partial charge on any atom is 0.262 e. The molecule has 2 amide bonds. The second kappa shape index (κ2) is 6.02. The van der Waals surface area contributed by atoms with E-state index >= 15 is 0 Å². The third-order valence-corrected chi connectivity index (χ3v) is 7.63. The fourth-order valence-electron chi connectivity index (χ4n) is 6.99. The van der Waals surface area contributed by atoms with E-state index in [1.165, 1.54) is 12.0 Å². The molecule has 0 N–H and O–H groups in total. The van der Waals surface area contributed by atoms with Crippen LogP contribution in [-0.4, -0.2) is 27.9 Å². The molecular formula is C25H25NO3. The molecule has 2 aromatic rings. The molecule has 4 saturated carbocycles. The Kier molecular flexibility index (Phi) is 3.61. The van der Waals surface area contributed by atoms with Crippen molar-refractivity contribution in [3.63, 3.8) is 0 Å². The zero-order valence-electron chi connectivity index (χ0n) is 16.5. The first-order valence-electron chi connectivity index (χ1n) is 10.7. The van der Waals surface area contributed by atoms with Crippen LogP contribution in [0.15, 0.2) is 54.6 Å². The van der Waals surface area contributed by atoms with Gasteiger partial charge in [-0.15, -0.1) is 0 Å². The van der Waals surface area contributed by atoms with Gasteiger partial charge in [0.15, 0.2) is 0 Å². The Morgan fingerprint density at radius 1 is 0.828 bits per heavy atom. The molecule has 0 spiro atoms. The Bertz CT molecular complexity index is 949. The fourth-order valence-corrected chi connectivity index (χ4v) is 6.99. The summed E-state index contributed by atoms with van der Waals surface area (Å²) in [6.45, 7) is 0.596. The molecule has 1 heterocycles. The van der Waals surface area contributed by atoms with Gasteiger partial charge in [0, 0.05) is 6.42 Å². The molecule has 4 aliphatic carbocycles. The summed E-state index contributed by atoms with van der Waals surface area (Å²) in [4.78, 5) is 28.2. The van der Waals surface area contributed by atoms with E-state index in [2.05, 4.69) is 12.1 Å². The second-order valence-electron chi connectivity index (χ2n) is 9.63. The molecule has 7 rings (SSSR count). The summed E-state index contributed by atoms with van der Waals surface area (Å²) in [5.41, 5.74) is 1.71. The molecule has 2 aromatic carbocycles. The van der Waals surface area contributed by atoms with Crippen molar-refractivity contribution in [2.45, 2.75) is 56.3 Å². The maximum atomic E-state index is 13.3. The highest BCUT2D eigenvalue weighted by atomic mass is 16.5. The number of nitrogens with zero attached hydrogens (tertiary/aromatic N) is 1. The predicted molar refractivity (Wildman–Crippen MR) is 108 cm³/mol. The summed E-state index contributed by atoms with van der Waals surface area (Å²) in [5.74, 6) is 0.865. The fraction of sp³-hybridized carbons (Fsp3) is 0.440. The highest BCUT2D eigenvalue weighted by molar-refractivity contribution is 6.21. The summed E-state index contributed by atoms with van der Waals surface area (Å²) in [5, 5.41) is 0. The van der Waals surface area contributed by atoms with Gasteiger partial charge in [-0.3, -0.25) is 14.5 Å². The van der Waals surface area contributed by atoms with E-state index in [1.54, 1.807) is 17.0 Å². The van der Waals surface area contributed by atoms with Crippen molar-refractivity contribution in [2.75, 3.05) is 0 Å². The second-order valence-corrected chi connectivity index (χ2v) is 9.63. The summed E-state index contributed by atoms with van der Waals surface area (Å²) < 4.78 is 6.61. The van der Waals surface area contributed by atoms with Crippen molar-refractivity contribution in [3.05, 3.63) is 71.3 Å². The van der Waals surface area contributed by atoms with Gasteiger partial charge in [-0.1, -0.05) is 42.5 Å². The van der Waals surface area contributed by atoms with E-state index in [0.29, 0.717) is 29.6 Å². The van der Waals surface area contributed by atoms with Gasteiger partial charge in [0.1, 0.15) is 0 Å². The maximum absolute atomic E-state index is 13.3. The molecule has 29 heavy (non-hydrogen) atoms. The van der Waals surface area contributed by atoms with Crippen molar-refractivity contribution in [2.24, 2.45) is 11.8 Å². The lowest BCUT2D eigenvalue weighted by Crippen LogP contribution is -2.67. The smallest absolute Gasteiger partial charge is 0.262 e. The standard InChI is InChI=1S/C25H25NO3/c27-22-20-8-4-5-9-21(20)23(28)26(22)24-11-18-10-19(12-24)14-25(13-18,16-24)29-15-17-6-2-1-3-7-17/h1-9,18-19H,10-16H2. The van der Waals surface area contributed by atoms with Crippen molar-refractivity contribution >= 4 is 11.8 Å². The minimum atomic E-state index is -0.381. The molecule has 4 heteroatoms. The van der Waals surface area contributed by atoms with Crippen LogP contribution in [0.3, 0.4) is 0 Å². The minimum Gasteiger partial charge on any atom is -0.370 e. The Morgan fingerprint density at radius 2 is 1.41 bits per heavy atom. The van der Waals surface area contributed by atoms with E-state index in [9.17, 15) is 9.59 Å². The zero-order chi connectivity index (χ0) is 19.6. The topological polar surface area (TPSA) is 46.6 Å². The number of benzene rings is 2. The molecule has 0 radical (unpaired) electrons.